The third-order valence-electron chi connectivity index (χ3n) is 8.61. The number of nitrogens with zero attached hydrogens (tertiary/aromatic N) is 2. The number of nitrogens with one attached hydrogen (secondary N) is 2. The molecule has 0 aromatic carbocycles. The molecule has 1 aromatic heterocycles. The third kappa shape index (κ3) is 4.31. The van der Waals surface area contributed by atoms with Crippen LogP contribution in [-0.2, 0) is 9.59 Å². The van der Waals surface area contributed by atoms with Gasteiger partial charge in [0.25, 0.3) is 5.82 Å². The minimum absolute atomic E-state index is 0.0501. The first-order chi connectivity index (χ1) is 15.0. The van der Waals surface area contributed by atoms with Crippen molar-refractivity contribution in [3.8, 4) is 0 Å². The van der Waals surface area contributed by atoms with Gasteiger partial charge in [-0.1, -0.05) is 6.07 Å². The molecule has 4 aliphatic carbocycles. The van der Waals surface area contributed by atoms with E-state index >= 15 is 0 Å². The minimum atomic E-state index is 0.0501. The molecule has 6 rings (SSSR count). The van der Waals surface area contributed by atoms with Crippen molar-refractivity contribution in [2.24, 2.45) is 23.2 Å². The zero-order chi connectivity index (χ0) is 21.4. The molecule has 0 unspecified atom stereocenters. The van der Waals surface area contributed by atoms with Crippen LogP contribution in [-0.4, -0.2) is 48.9 Å². The van der Waals surface area contributed by atoms with Gasteiger partial charge in [-0.15, -0.1) is 0 Å². The minimum Gasteiger partial charge on any atom is -0.353 e. The summed E-state index contributed by atoms with van der Waals surface area (Å²) < 4.78 is 0. The van der Waals surface area contributed by atoms with Crippen LogP contribution < -0.4 is 15.2 Å². The molecule has 1 saturated heterocycles. The summed E-state index contributed by atoms with van der Waals surface area (Å²) in [4.78, 5) is 32.8. The number of hydrogen-bond donors (Lipinski definition) is 1. The van der Waals surface area contributed by atoms with Gasteiger partial charge in [0.2, 0.25) is 11.8 Å². The molecule has 4 bridgehead atoms. The summed E-state index contributed by atoms with van der Waals surface area (Å²) >= 11 is 0. The zero-order valence-corrected chi connectivity index (χ0v) is 18.8. The van der Waals surface area contributed by atoms with Gasteiger partial charge < -0.3 is 10.2 Å². The molecule has 0 radical (unpaired) electrons. The number of carbonyl (C=O) groups is 2. The van der Waals surface area contributed by atoms with Crippen molar-refractivity contribution in [3.63, 3.8) is 0 Å². The highest BCUT2D eigenvalue weighted by atomic mass is 16.2. The standard InChI is InChI=1S/C25H36N4O2/c1-18(25-15-19-12-20(16-25)14-21(13-19)17-25)27-23(30)5-6-24(31)29-10-8-28(9-11-29)22-4-2-3-7-26-22/h2-4,7,18-21H,5-6,8-17H2,1H3,(H,27,30)/p+1/t18-,19?,20?,21?,25?/m0/s1. The van der Waals surface area contributed by atoms with Crippen LogP contribution in [0.4, 0.5) is 5.82 Å². The molecule has 5 fully saturated rings. The molecule has 1 atom stereocenters. The Morgan fingerprint density at radius 3 is 2.26 bits per heavy atom. The van der Waals surface area contributed by atoms with Gasteiger partial charge in [-0.3, -0.25) is 14.5 Å². The van der Waals surface area contributed by atoms with Crippen LogP contribution in [0.25, 0.3) is 0 Å². The summed E-state index contributed by atoms with van der Waals surface area (Å²) in [5.74, 6) is 3.91. The number of pyridine rings is 1. The van der Waals surface area contributed by atoms with E-state index in [1.54, 1.807) is 0 Å². The van der Waals surface area contributed by atoms with E-state index in [0.29, 0.717) is 31.3 Å². The van der Waals surface area contributed by atoms with Crippen molar-refractivity contribution >= 4 is 17.6 Å². The Hall–Kier alpha value is -2.11. The Kier molecular flexibility index (Phi) is 5.65. The Labute approximate surface area is 185 Å². The summed E-state index contributed by atoms with van der Waals surface area (Å²) in [6.45, 7) is 5.29. The molecule has 168 valence electrons. The number of carbonyl (C=O) groups excluding carboxylic acids is 2. The van der Waals surface area contributed by atoms with Crippen LogP contribution in [0.3, 0.4) is 0 Å². The first-order valence-electron chi connectivity index (χ1n) is 12.3. The number of aromatic nitrogens is 1. The maximum atomic E-state index is 12.7. The average Bonchev–Trinajstić information content (AvgIpc) is 2.77. The van der Waals surface area contributed by atoms with Crippen LogP contribution in [0.1, 0.15) is 58.3 Å². The summed E-state index contributed by atoms with van der Waals surface area (Å²) in [7, 11) is 0. The fraction of sp³-hybridized carbons (Fsp3) is 0.720. The van der Waals surface area contributed by atoms with Gasteiger partial charge in [0.1, 0.15) is 13.1 Å². The van der Waals surface area contributed by atoms with E-state index in [0.717, 1.165) is 36.7 Å². The number of hydrogen-bond acceptors (Lipinski definition) is 3. The fourth-order valence-corrected chi connectivity index (χ4v) is 7.33. The maximum absolute atomic E-state index is 12.7. The fourth-order valence-electron chi connectivity index (χ4n) is 7.33. The van der Waals surface area contributed by atoms with Gasteiger partial charge in [0, 0.05) is 24.9 Å². The highest BCUT2D eigenvalue weighted by Gasteiger charge is 2.53. The predicted octanol–water partition coefficient (Wildman–Crippen LogP) is 2.65. The summed E-state index contributed by atoms with van der Waals surface area (Å²) in [5.41, 5.74) is 0.319. The highest BCUT2D eigenvalue weighted by Crippen LogP contribution is 2.61. The van der Waals surface area contributed by atoms with Crippen molar-refractivity contribution in [2.45, 2.75) is 64.3 Å². The second-order valence-electron chi connectivity index (χ2n) is 10.7. The van der Waals surface area contributed by atoms with E-state index in [1.165, 1.54) is 38.5 Å². The van der Waals surface area contributed by atoms with Gasteiger partial charge in [-0.2, -0.15) is 0 Å². The summed E-state index contributed by atoms with van der Waals surface area (Å²) in [5, 5.41) is 3.30. The summed E-state index contributed by atoms with van der Waals surface area (Å²) in [6, 6.07) is 6.28. The lowest BCUT2D eigenvalue weighted by Gasteiger charge is -2.59. The predicted molar refractivity (Wildman–Crippen MR) is 119 cm³/mol. The molecule has 6 nitrogen and oxygen atoms in total. The second-order valence-corrected chi connectivity index (χ2v) is 10.7. The van der Waals surface area contributed by atoms with Gasteiger partial charge >= 0.3 is 0 Å². The highest BCUT2D eigenvalue weighted by molar-refractivity contribution is 5.84. The van der Waals surface area contributed by atoms with Crippen molar-refractivity contribution in [3.05, 3.63) is 24.4 Å². The number of amides is 2. The normalized spacial score (nSPS) is 32.7. The largest absolute Gasteiger partial charge is 0.353 e. The Balaban J connectivity index is 1.07. The SMILES string of the molecule is C[C@H](NC(=O)CCC(=O)N1CCN(c2cccc[nH+]2)CC1)C12CC3CC(CC(C3)C1)C2. The smallest absolute Gasteiger partial charge is 0.274 e. The van der Waals surface area contributed by atoms with Crippen LogP contribution in [0.5, 0.6) is 0 Å². The molecule has 0 spiro atoms. The van der Waals surface area contributed by atoms with Crippen LogP contribution in [0.15, 0.2) is 24.4 Å². The molecule has 2 N–H and O–H groups in total. The second kappa shape index (κ2) is 8.44. The van der Waals surface area contributed by atoms with Crippen LogP contribution >= 0.6 is 0 Å². The van der Waals surface area contributed by atoms with Crippen LogP contribution in [0.2, 0.25) is 0 Å². The molecule has 2 amide bonds. The quantitative estimate of drug-likeness (QED) is 0.762. The Bertz CT molecular complexity index is 768. The molecule has 2 heterocycles. The molecule has 4 saturated carbocycles. The average molecular weight is 426 g/mol. The van der Waals surface area contributed by atoms with Crippen molar-refractivity contribution in [1.82, 2.24) is 10.2 Å². The first-order valence-corrected chi connectivity index (χ1v) is 12.3. The lowest BCUT2D eigenvalue weighted by Crippen LogP contribution is -2.55. The van der Waals surface area contributed by atoms with E-state index < -0.39 is 0 Å². The lowest BCUT2D eigenvalue weighted by atomic mass is 9.48. The number of rotatable bonds is 6. The number of aromatic amines is 1. The van der Waals surface area contributed by atoms with Crippen molar-refractivity contribution in [2.75, 3.05) is 31.1 Å². The number of piperazine rings is 1. The number of anilines is 1. The maximum Gasteiger partial charge on any atom is 0.274 e. The van der Waals surface area contributed by atoms with E-state index in [1.807, 2.05) is 23.2 Å². The summed E-state index contributed by atoms with van der Waals surface area (Å²) in [6.07, 6.45) is 10.7. The topological polar surface area (TPSA) is 66.8 Å². The first kappa shape index (κ1) is 20.8. The Morgan fingerprint density at radius 2 is 1.68 bits per heavy atom. The number of H-pyrrole nitrogens is 1. The monoisotopic (exact) mass is 425 g/mol. The zero-order valence-electron chi connectivity index (χ0n) is 18.8. The van der Waals surface area contributed by atoms with Crippen LogP contribution in [0, 0.1) is 23.2 Å². The lowest BCUT2D eigenvalue weighted by molar-refractivity contribution is -0.364. The van der Waals surface area contributed by atoms with Crippen molar-refractivity contribution < 1.29 is 14.6 Å². The van der Waals surface area contributed by atoms with Gasteiger partial charge in [0.05, 0.1) is 19.3 Å². The molecular weight excluding hydrogens is 388 g/mol. The van der Waals surface area contributed by atoms with Crippen molar-refractivity contribution in [1.29, 1.82) is 0 Å². The molecule has 1 aromatic rings. The van der Waals surface area contributed by atoms with Gasteiger partial charge in [-0.25, -0.2) is 4.98 Å². The van der Waals surface area contributed by atoms with E-state index in [4.69, 9.17) is 0 Å². The van der Waals surface area contributed by atoms with E-state index in [2.05, 4.69) is 28.2 Å². The molecule has 1 aliphatic heterocycles. The molecule has 31 heavy (non-hydrogen) atoms. The van der Waals surface area contributed by atoms with E-state index in [-0.39, 0.29) is 17.9 Å². The van der Waals surface area contributed by atoms with Gasteiger partial charge in [0.15, 0.2) is 0 Å². The molecule has 6 heteroatoms. The molecule has 5 aliphatic rings. The van der Waals surface area contributed by atoms with E-state index in [9.17, 15) is 9.59 Å². The molecular formula is C25H37N4O2+. The van der Waals surface area contributed by atoms with Gasteiger partial charge in [-0.05, 0) is 74.7 Å². The Morgan fingerprint density at radius 1 is 1.03 bits per heavy atom. The third-order valence-corrected chi connectivity index (χ3v) is 8.61.